The highest BCUT2D eigenvalue weighted by atomic mass is 35.5. The lowest BCUT2D eigenvalue weighted by Gasteiger charge is -2.43. The summed E-state index contributed by atoms with van der Waals surface area (Å²) in [7, 11) is -11.0. The van der Waals surface area contributed by atoms with Crippen LogP contribution in [0.3, 0.4) is 0 Å². The zero-order valence-corrected chi connectivity index (χ0v) is 67.9. The number of hydrogen-bond donors (Lipinski definition) is 5. The number of ether oxygens (including phenoxy) is 1. The van der Waals surface area contributed by atoms with Crippen LogP contribution >= 0.6 is 34.7 Å². The maximum atomic E-state index is 14.8. The number of unbranched alkanes of at least 4 members (excludes halogenated alkanes) is 3. The highest BCUT2D eigenvalue weighted by Crippen LogP contribution is 2.45. The van der Waals surface area contributed by atoms with Crippen molar-refractivity contribution in [3.8, 4) is 10.4 Å². The number of likely N-dealkylation sites (tertiary alicyclic amines) is 1. The summed E-state index contributed by atoms with van der Waals surface area (Å²) in [6.07, 6.45) is 5.13. The van der Waals surface area contributed by atoms with Crippen LogP contribution in [0, 0.1) is 17.8 Å². The molecule has 11 rings (SSSR count). The maximum Gasteiger partial charge on any atom is 0.501 e. The smallest absolute Gasteiger partial charge is 0.391 e. The number of nitrogens with zero attached hydrogens (tertiary/aromatic N) is 7. The second-order valence-corrected chi connectivity index (χ2v) is 37.0. The molecule has 4 aliphatic heterocycles. The Hall–Kier alpha value is -7.45. The van der Waals surface area contributed by atoms with Crippen LogP contribution in [0.15, 0.2) is 147 Å². The van der Waals surface area contributed by atoms with Crippen molar-refractivity contribution >= 4 is 101 Å². The van der Waals surface area contributed by atoms with Gasteiger partial charge in [0.1, 0.15) is 17.0 Å². The molecule has 0 saturated carbocycles. The molecule has 5 aromatic carbocycles. The number of rotatable bonds is 30. The normalized spacial score (nSPS) is 20.2. The van der Waals surface area contributed by atoms with Crippen LogP contribution in [0.4, 0.5) is 24.5 Å². The molecule has 6 aromatic rings. The molecule has 30 heteroatoms. The molecule has 1 aliphatic carbocycles. The van der Waals surface area contributed by atoms with E-state index in [1.54, 1.807) is 23.5 Å². The van der Waals surface area contributed by atoms with Crippen molar-refractivity contribution in [2.75, 3.05) is 121 Å². The molecule has 22 nitrogen and oxygen atoms in total. The fourth-order valence-corrected chi connectivity index (χ4v) is 19.2. The lowest BCUT2D eigenvalue weighted by Crippen LogP contribution is -2.57. The predicted octanol–water partition coefficient (Wildman–Crippen LogP) is 11.7. The predicted molar refractivity (Wildman–Crippen MR) is 429 cm³/mol. The molecule has 0 spiro atoms. The van der Waals surface area contributed by atoms with E-state index in [0.29, 0.717) is 128 Å². The fourth-order valence-electron chi connectivity index (χ4n) is 15.3. The van der Waals surface area contributed by atoms with Crippen molar-refractivity contribution in [3.63, 3.8) is 0 Å². The molecule has 6 atom stereocenters. The first-order chi connectivity index (χ1) is 52.8. The summed E-state index contributed by atoms with van der Waals surface area (Å²) in [5, 5.41) is 20.5. The summed E-state index contributed by atoms with van der Waals surface area (Å²) in [5.74, 6) is -1.59. The van der Waals surface area contributed by atoms with E-state index in [1.807, 2.05) is 129 Å². The van der Waals surface area contributed by atoms with Crippen LogP contribution in [0.2, 0.25) is 5.02 Å². The van der Waals surface area contributed by atoms with E-state index in [4.69, 9.17) is 16.3 Å². The number of benzene rings is 5. The van der Waals surface area contributed by atoms with Crippen molar-refractivity contribution in [1.29, 1.82) is 0 Å². The van der Waals surface area contributed by atoms with E-state index in [9.17, 15) is 59.1 Å². The van der Waals surface area contributed by atoms with E-state index in [-0.39, 0.29) is 48.7 Å². The molecule has 111 heavy (non-hydrogen) atoms. The summed E-state index contributed by atoms with van der Waals surface area (Å²) in [6.45, 7) is 21.3. The quantitative estimate of drug-likeness (QED) is 0.0207. The number of halogens is 4. The van der Waals surface area contributed by atoms with Gasteiger partial charge in [0, 0.05) is 131 Å². The molecule has 600 valence electrons. The number of amides is 5. The average molecular weight is 1630 g/mol. The van der Waals surface area contributed by atoms with Crippen molar-refractivity contribution in [1.82, 2.24) is 44.8 Å². The number of nitrogens with one attached hydrogen (secondary N) is 4. The molecular formula is C81H103ClF3N11O11S4. The van der Waals surface area contributed by atoms with Gasteiger partial charge in [-0.2, -0.15) is 13.2 Å². The number of anilines is 2. The van der Waals surface area contributed by atoms with Gasteiger partial charge in [-0.25, -0.2) is 26.5 Å². The minimum atomic E-state index is -6.12. The average Bonchev–Trinajstić information content (AvgIpc) is 1.38. The Morgan fingerprint density at radius 2 is 1.43 bits per heavy atom. The third-order valence-electron chi connectivity index (χ3n) is 21.8. The van der Waals surface area contributed by atoms with Gasteiger partial charge >= 0.3 is 5.51 Å². The van der Waals surface area contributed by atoms with E-state index in [2.05, 4.69) is 47.5 Å². The van der Waals surface area contributed by atoms with Crippen molar-refractivity contribution in [2.45, 2.75) is 156 Å². The molecule has 5 heterocycles. The Bertz CT molecular complexity index is 4480. The topological polar surface area (TPSA) is 264 Å². The van der Waals surface area contributed by atoms with Crippen molar-refractivity contribution in [3.05, 3.63) is 160 Å². The zero-order chi connectivity index (χ0) is 79.4. The summed E-state index contributed by atoms with van der Waals surface area (Å²) >= 11 is 9.39. The maximum absolute atomic E-state index is 14.8. The van der Waals surface area contributed by atoms with Gasteiger partial charge in [-0.1, -0.05) is 112 Å². The molecule has 0 bridgehead atoms. The number of allylic oxidation sites excluding steroid dienone is 1. The lowest BCUT2D eigenvalue weighted by atomic mass is 9.70. The fraction of sp³-hybridized carbons (Fsp3) is 0.506. The van der Waals surface area contributed by atoms with Gasteiger partial charge in [0.25, 0.3) is 25.8 Å². The number of aryl methyl sites for hydroxylation is 1. The SMILES string of the molecule is Cc1ncsc1-c1ccc([C@H](C)NC(=O)[C@@H]2C[C@@H](O)CN2C(=O)[C@@H](NC(=O)CCCCCCN2CCN(C(=O)C3(C)CCC(c4ccc(Cl)cc4)=C(CN4CCN(c5ccc(C(=O)NS(=O)(=O)c6ccc(N[C@H](CCN7CCOCC7)CSc7ccccc7)c(S(=O)(=O)C(F)(F)F)c6)cc5)CC4)C3)CC2)C(C)(C)C)cc1. The van der Waals surface area contributed by atoms with E-state index < -0.39 is 87.7 Å². The molecule has 0 radical (unpaired) electrons. The number of sulfone groups is 1. The van der Waals surface area contributed by atoms with E-state index in [0.717, 1.165) is 88.9 Å². The monoisotopic (exact) mass is 1630 g/mol. The largest absolute Gasteiger partial charge is 0.501 e. The molecular weight excluding hydrogens is 1520 g/mol. The van der Waals surface area contributed by atoms with Crippen LogP contribution < -0.4 is 25.6 Å². The molecule has 1 aromatic heterocycles. The number of carbonyl (C=O) groups is 5. The second-order valence-electron chi connectivity index (χ2n) is 31.1. The highest BCUT2D eigenvalue weighted by Gasteiger charge is 2.50. The third kappa shape index (κ3) is 21.9. The number of aliphatic hydroxyl groups excluding tert-OH is 1. The van der Waals surface area contributed by atoms with Gasteiger partial charge in [0.05, 0.1) is 57.4 Å². The van der Waals surface area contributed by atoms with Crippen LogP contribution in [0.25, 0.3) is 16.0 Å². The first kappa shape index (κ1) is 84.5. The molecule has 5 N–H and O–H groups in total. The first-order valence-corrected chi connectivity index (χ1v) is 43.4. The number of hydrogen-bond acceptors (Lipinski definition) is 19. The Labute approximate surface area is 663 Å². The van der Waals surface area contributed by atoms with Crippen LogP contribution in [-0.2, 0) is 43.8 Å². The standard InChI is InChI=1S/C81H103ClF3N11O11S4/c1-55(57-17-19-59(20-18-57)73-56(2)86-54-109-73)87-76(100)70-48-65(97)52-96(70)77(101)74(79(3,4)5)89-72(98)16-12-7-8-13-34-91-36-42-95(43-37-91)78(102)80(6)33-31-68(58-21-25-62(82)26-22-58)61(50-80)51-93-38-40-94(41-39-93)64-27-23-60(24-28-64)75(99)90-111(105,106)67-29-30-69(71(49-67)110(103,104)81(83,84)85)88-63(32-35-92-44-46-107-47-45-92)53-108-66-14-10-9-11-15-66/h9-11,14-15,17-30,49,54-55,63,65,70,74,88,97H,7-8,12-13,16,31-48,50-53H2,1-6H3,(H,87,100)(H,89,98)(H,90,99)/t55-,63+,65+,70-,74+,80?/m0/s1. The Morgan fingerprint density at radius 1 is 0.775 bits per heavy atom. The number of aliphatic hydroxyl groups is 1. The number of alkyl halides is 3. The Morgan fingerprint density at radius 3 is 2.09 bits per heavy atom. The summed E-state index contributed by atoms with van der Waals surface area (Å²) in [5.41, 5.74) is 1.37. The van der Waals surface area contributed by atoms with Gasteiger partial charge in [-0.3, -0.25) is 38.7 Å². The van der Waals surface area contributed by atoms with E-state index >= 15 is 0 Å². The number of carbonyl (C=O) groups excluding carboxylic acids is 5. The van der Waals surface area contributed by atoms with Crippen LogP contribution in [0.1, 0.15) is 132 Å². The molecule has 4 saturated heterocycles. The number of piperazine rings is 2. The van der Waals surface area contributed by atoms with Gasteiger partial charge < -0.3 is 40.5 Å². The minimum Gasteiger partial charge on any atom is -0.391 e. The minimum absolute atomic E-state index is 0.0135. The number of thiazole rings is 1. The van der Waals surface area contributed by atoms with Gasteiger partial charge in [-0.15, -0.1) is 23.1 Å². The summed E-state index contributed by atoms with van der Waals surface area (Å²) in [4.78, 5) is 86.8. The molecule has 1 unspecified atom stereocenters. The second kappa shape index (κ2) is 37.2. The molecule has 4 fully saturated rings. The summed E-state index contributed by atoms with van der Waals surface area (Å²) < 4.78 is 105. The van der Waals surface area contributed by atoms with Gasteiger partial charge in [0.2, 0.25) is 23.6 Å². The van der Waals surface area contributed by atoms with Crippen molar-refractivity contribution < 1.29 is 63.8 Å². The van der Waals surface area contributed by atoms with Gasteiger partial charge in [0.15, 0.2) is 0 Å². The van der Waals surface area contributed by atoms with Gasteiger partial charge in [-0.05, 0) is 153 Å². The summed E-state index contributed by atoms with van der Waals surface area (Å²) in [6, 6.07) is 31.1. The highest BCUT2D eigenvalue weighted by molar-refractivity contribution is 7.99. The molecule has 5 amide bonds. The zero-order valence-electron chi connectivity index (χ0n) is 63.9. The Kier molecular flexibility index (Phi) is 28.3. The third-order valence-corrected chi connectivity index (χ3v) is 27.1. The Balaban J connectivity index is 0.630. The number of sulfonamides is 1. The van der Waals surface area contributed by atoms with Crippen LogP contribution in [0.5, 0.6) is 0 Å². The number of β-amino-alcohol motifs (C(OH)–C–C–N with tert-alkyl or cyclic N) is 1. The van der Waals surface area contributed by atoms with E-state index in [1.165, 1.54) is 39.9 Å². The number of morpholine rings is 1. The number of aromatic nitrogens is 1. The number of thioether (sulfide) groups is 1. The first-order valence-electron chi connectivity index (χ1n) is 38.2. The van der Waals surface area contributed by atoms with Crippen LogP contribution in [-0.4, -0.2) is 221 Å². The molecule has 5 aliphatic rings. The van der Waals surface area contributed by atoms with Crippen molar-refractivity contribution in [2.24, 2.45) is 10.8 Å². The lowest BCUT2D eigenvalue weighted by molar-refractivity contribution is -0.144.